The molecule has 2 nitrogen and oxygen atoms in total. The Morgan fingerprint density at radius 3 is 1.57 bits per heavy atom. The maximum absolute atomic E-state index is 9.75. The highest BCUT2D eigenvalue weighted by Gasteiger charge is 2.27. The fourth-order valence-electron chi connectivity index (χ4n) is 4.09. The third kappa shape index (κ3) is 5.60. The standard InChI is InChI=1S/C21H27N2.BF4/c1-14-9-16(3)20(17(4)10-14)22-7-8-23(13-22)21-18(5)11-15(2)12-19(21)6;2-1(3,4)5/h9-13H,7-8H2,1-6H3;/q+1;-1. The van der Waals surface area contributed by atoms with Crippen molar-refractivity contribution in [3.8, 4) is 0 Å². The molecule has 0 atom stereocenters. The lowest BCUT2D eigenvalue weighted by Crippen LogP contribution is -2.20. The van der Waals surface area contributed by atoms with Crippen LogP contribution in [-0.4, -0.2) is 31.3 Å². The highest BCUT2D eigenvalue weighted by atomic mass is 19.5. The molecule has 0 unspecified atom stereocenters. The van der Waals surface area contributed by atoms with Crippen molar-refractivity contribution in [2.75, 3.05) is 18.0 Å². The molecule has 0 aliphatic carbocycles. The SMILES string of the molecule is Cc1cc(C)c(N2C=[N+](c3c(C)cc(C)cc3C)CC2)c(C)c1.F[B-](F)(F)F. The van der Waals surface area contributed by atoms with Gasteiger partial charge >= 0.3 is 7.25 Å². The summed E-state index contributed by atoms with van der Waals surface area (Å²) in [6, 6.07) is 9.12. The number of anilines is 1. The van der Waals surface area contributed by atoms with Crippen LogP contribution in [0.3, 0.4) is 0 Å². The first-order chi connectivity index (χ1) is 12.9. The Labute approximate surface area is 164 Å². The second kappa shape index (κ2) is 8.37. The van der Waals surface area contributed by atoms with Gasteiger partial charge in [-0.1, -0.05) is 35.4 Å². The Morgan fingerprint density at radius 1 is 0.750 bits per heavy atom. The van der Waals surface area contributed by atoms with Crippen molar-refractivity contribution in [3.63, 3.8) is 0 Å². The third-order valence-electron chi connectivity index (χ3n) is 4.71. The summed E-state index contributed by atoms with van der Waals surface area (Å²) in [6.45, 7) is 15.3. The summed E-state index contributed by atoms with van der Waals surface area (Å²) in [5, 5.41) is 0. The minimum Gasteiger partial charge on any atom is -0.418 e. The number of hydrogen-bond donors (Lipinski definition) is 0. The minimum absolute atomic E-state index is 1.04. The molecule has 28 heavy (non-hydrogen) atoms. The molecular weight excluding hydrogens is 367 g/mol. The van der Waals surface area contributed by atoms with Crippen molar-refractivity contribution >= 4 is 25.0 Å². The summed E-state index contributed by atoms with van der Waals surface area (Å²) in [5.74, 6) is 0. The Kier molecular flexibility index (Phi) is 6.57. The van der Waals surface area contributed by atoms with E-state index in [-0.39, 0.29) is 0 Å². The maximum Gasteiger partial charge on any atom is 0.673 e. The van der Waals surface area contributed by atoms with E-state index >= 15 is 0 Å². The molecule has 7 heteroatoms. The highest BCUT2D eigenvalue weighted by Crippen LogP contribution is 2.30. The highest BCUT2D eigenvalue weighted by molar-refractivity contribution is 6.50. The van der Waals surface area contributed by atoms with Crippen LogP contribution >= 0.6 is 0 Å². The lowest BCUT2D eigenvalue weighted by molar-refractivity contribution is -0.425. The van der Waals surface area contributed by atoms with Gasteiger partial charge in [0.1, 0.15) is 24.5 Å². The molecule has 2 aromatic carbocycles. The molecule has 152 valence electrons. The molecule has 0 aromatic heterocycles. The molecule has 0 N–H and O–H groups in total. The second-order valence-corrected chi connectivity index (χ2v) is 7.49. The maximum atomic E-state index is 9.75. The van der Waals surface area contributed by atoms with E-state index in [9.17, 15) is 17.3 Å². The van der Waals surface area contributed by atoms with Crippen LogP contribution < -0.4 is 4.90 Å². The first-order valence-corrected chi connectivity index (χ1v) is 9.28. The van der Waals surface area contributed by atoms with Crippen molar-refractivity contribution in [1.29, 1.82) is 0 Å². The number of aryl methyl sites for hydroxylation is 6. The largest absolute Gasteiger partial charge is 0.673 e. The number of halogens is 4. The lowest BCUT2D eigenvalue weighted by atomic mass is 10.0. The predicted molar refractivity (Wildman–Crippen MR) is 110 cm³/mol. The van der Waals surface area contributed by atoms with E-state index in [1.54, 1.807) is 0 Å². The summed E-state index contributed by atoms with van der Waals surface area (Å²) in [7, 11) is -6.00. The number of rotatable bonds is 2. The zero-order valence-electron chi connectivity index (χ0n) is 17.3. The van der Waals surface area contributed by atoms with E-state index in [1.165, 1.54) is 44.8 Å². The van der Waals surface area contributed by atoms with E-state index in [0.29, 0.717) is 0 Å². The summed E-state index contributed by atoms with van der Waals surface area (Å²) in [4.78, 5) is 2.41. The van der Waals surface area contributed by atoms with Gasteiger partial charge in [-0.25, -0.2) is 9.48 Å². The molecule has 0 amide bonds. The summed E-state index contributed by atoms with van der Waals surface area (Å²) < 4.78 is 41.4. The first-order valence-electron chi connectivity index (χ1n) is 9.28. The minimum atomic E-state index is -6.00. The molecule has 0 saturated heterocycles. The molecule has 3 rings (SSSR count). The third-order valence-corrected chi connectivity index (χ3v) is 4.71. The summed E-state index contributed by atoms with van der Waals surface area (Å²) in [5.41, 5.74) is 10.8. The van der Waals surface area contributed by atoms with E-state index in [2.05, 4.69) is 81.6 Å². The molecule has 0 saturated carbocycles. The first kappa shape index (κ1) is 22.0. The van der Waals surface area contributed by atoms with Gasteiger partial charge in [0.25, 0.3) is 0 Å². The van der Waals surface area contributed by atoms with Gasteiger partial charge in [0.05, 0.1) is 0 Å². The second-order valence-electron chi connectivity index (χ2n) is 7.49. The number of hydrogen-bond acceptors (Lipinski definition) is 1. The Bertz CT molecular complexity index is 852. The van der Waals surface area contributed by atoms with Gasteiger partial charge in [-0.3, -0.25) is 0 Å². The van der Waals surface area contributed by atoms with Crippen molar-refractivity contribution in [2.45, 2.75) is 41.5 Å². The van der Waals surface area contributed by atoms with E-state index in [1.807, 2.05) is 0 Å². The van der Waals surface area contributed by atoms with Crippen LogP contribution in [0, 0.1) is 41.5 Å². The van der Waals surface area contributed by atoms with Gasteiger partial charge in [0, 0.05) is 0 Å². The molecule has 2 aromatic rings. The smallest absolute Gasteiger partial charge is 0.418 e. The average Bonchev–Trinajstić information content (AvgIpc) is 2.92. The van der Waals surface area contributed by atoms with Crippen LogP contribution in [-0.2, 0) is 0 Å². The van der Waals surface area contributed by atoms with Crippen molar-refractivity contribution in [1.82, 2.24) is 0 Å². The average molecular weight is 394 g/mol. The zero-order valence-corrected chi connectivity index (χ0v) is 17.3. The van der Waals surface area contributed by atoms with E-state index < -0.39 is 7.25 Å². The van der Waals surface area contributed by atoms with Gasteiger partial charge in [-0.05, 0) is 63.8 Å². The van der Waals surface area contributed by atoms with E-state index in [4.69, 9.17) is 0 Å². The van der Waals surface area contributed by atoms with Crippen LogP contribution in [0.25, 0.3) is 0 Å². The molecule has 1 aliphatic heterocycles. The monoisotopic (exact) mass is 394 g/mol. The van der Waals surface area contributed by atoms with Crippen LogP contribution in [0.2, 0.25) is 0 Å². The van der Waals surface area contributed by atoms with Gasteiger partial charge in [-0.15, -0.1) is 0 Å². The van der Waals surface area contributed by atoms with Gasteiger partial charge in [0.2, 0.25) is 6.34 Å². The molecule has 1 heterocycles. The molecule has 0 fully saturated rings. The molecule has 0 spiro atoms. The molecule has 0 radical (unpaired) electrons. The summed E-state index contributed by atoms with van der Waals surface area (Å²) in [6.07, 6.45) is 2.29. The number of nitrogens with zero attached hydrogens (tertiary/aromatic N) is 2. The Hall–Kier alpha value is -2.31. The van der Waals surface area contributed by atoms with E-state index in [0.717, 1.165) is 13.1 Å². The van der Waals surface area contributed by atoms with Crippen LogP contribution in [0.4, 0.5) is 28.6 Å². The number of benzene rings is 2. The fourth-order valence-corrected chi connectivity index (χ4v) is 4.09. The van der Waals surface area contributed by atoms with Crippen molar-refractivity contribution < 1.29 is 21.8 Å². The zero-order chi connectivity index (χ0) is 21.2. The predicted octanol–water partition coefficient (Wildman–Crippen LogP) is 6.03. The molecule has 1 aliphatic rings. The Morgan fingerprint density at radius 2 is 1.14 bits per heavy atom. The van der Waals surface area contributed by atoms with Gasteiger partial charge < -0.3 is 17.3 Å². The quantitative estimate of drug-likeness (QED) is 0.343. The van der Waals surface area contributed by atoms with Crippen LogP contribution in [0.5, 0.6) is 0 Å². The molecule has 0 bridgehead atoms. The normalized spacial score (nSPS) is 13.9. The van der Waals surface area contributed by atoms with Crippen LogP contribution in [0.1, 0.15) is 33.4 Å². The Balaban J connectivity index is 0.000000500. The summed E-state index contributed by atoms with van der Waals surface area (Å²) >= 11 is 0. The lowest BCUT2D eigenvalue weighted by Gasteiger charge is -2.13. The van der Waals surface area contributed by atoms with Crippen LogP contribution in [0.15, 0.2) is 24.3 Å². The topological polar surface area (TPSA) is 6.25 Å². The fraction of sp³-hybridized carbons (Fsp3) is 0.381. The van der Waals surface area contributed by atoms with Gasteiger partial charge in [-0.2, -0.15) is 0 Å². The van der Waals surface area contributed by atoms with Crippen molar-refractivity contribution in [2.24, 2.45) is 0 Å². The van der Waals surface area contributed by atoms with Crippen molar-refractivity contribution in [3.05, 3.63) is 57.6 Å². The van der Waals surface area contributed by atoms with Gasteiger partial charge in [0.15, 0.2) is 0 Å². The molecular formula is C21H27BF4N2.